The summed E-state index contributed by atoms with van der Waals surface area (Å²) in [5.41, 5.74) is 1.48. The molecule has 0 saturated heterocycles. The fourth-order valence-corrected chi connectivity index (χ4v) is 3.63. The Morgan fingerprint density at radius 2 is 1.76 bits per heavy atom. The van der Waals surface area contributed by atoms with Crippen molar-refractivity contribution >= 4 is 35.0 Å². The fraction of sp³-hybridized carbons (Fsp3) is 0.0833. The normalized spacial score (nSPS) is 10.5. The average Bonchev–Trinajstić information content (AvgIpc) is 3.24. The average molecular weight is 460 g/mol. The van der Waals surface area contributed by atoms with Gasteiger partial charge in [0.15, 0.2) is 10.9 Å². The molecule has 0 fully saturated rings. The summed E-state index contributed by atoms with van der Waals surface area (Å²) in [6, 6.07) is 23.3. The Hall–Kier alpha value is -4.11. The molecule has 0 unspecified atom stereocenters. The minimum atomic E-state index is -0.316. The zero-order chi connectivity index (χ0) is 23.0. The summed E-state index contributed by atoms with van der Waals surface area (Å²) in [5.74, 6) is 0.851. The molecule has 33 heavy (non-hydrogen) atoms. The van der Waals surface area contributed by atoms with Gasteiger partial charge in [-0.15, -0.1) is 10.2 Å². The minimum Gasteiger partial charge on any atom is -0.455 e. The van der Waals surface area contributed by atoms with Crippen molar-refractivity contribution in [3.63, 3.8) is 0 Å². The smallest absolute Gasteiger partial charge is 0.255 e. The Bertz CT molecular complexity index is 1260. The number of aryl methyl sites for hydroxylation is 1. The van der Waals surface area contributed by atoms with Crippen molar-refractivity contribution < 1.29 is 14.3 Å². The van der Waals surface area contributed by atoms with E-state index in [1.165, 1.54) is 11.8 Å². The van der Waals surface area contributed by atoms with Crippen LogP contribution in [-0.2, 0) is 11.8 Å². The van der Waals surface area contributed by atoms with Crippen LogP contribution in [0.1, 0.15) is 10.4 Å². The second-order valence-corrected chi connectivity index (χ2v) is 7.95. The molecule has 0 atom stereocenters. The predicted octanol–water partition coefficient (Wildman–Crippen LogP) is 4.59. The number of carbonyl (C=O) groups is 2. The second kappa shape index (κ2) is 10.5. The highest BCUT2D eigenvalue weighted by Gasteiger charge is 2.12. The number of para-hydroxylation sites is 3. The third-order valence-corrected chi connectivity index (χ3v) is 5.55. The first-order chi connectivity index (χ1) is 16.1. The Kier molecular flexibility index (Phi) is 7.01. The van der Waals surface area contributed by atoms with Crippen LogP contribution in [-0.4, -0.2) is 32.3 Å². The van der Waals surface area contributed by atoms with E-state index in [2.05, 4.69) is 20.8 Å². The number of hydrogen-bond acceptors (Lipinski definition) is 6. The number of amides is 2. The number of anilines is 2. The van der Waals surface area contributed by atoms with E-state index >= 15 is 0 Å². The number of thioether (sulfide) groups is 1. The summed E-state index contributed by atoms with van der Waals surface area (Å²) in [4.78, 5) is 25.2. The van der Waals surface area contributed by atoms with Crippen LogP contribution in [0.25, 0.3) is 0 Å². The van der Waals surface area contributed by atoms with Crippen molar-refractivity contribution in [1.82, 2.24) is 14.8 Å². The highest BCUT2D eigenvalue weighted by atomic mass is 32.2. The molecule has 4 rings (SSSR count). The zero-order valence-electron chi connectivity index (χ0n) is 17.8. The minimum absolute atomic E-state index is 0.174. The highest BCUT2D eigenvalue weighted by Crippen LogP contribution is 2.29. The molecule has 0 radical (unpaired) electrons. The van der Waals surface area contributed by atoms with Gasteiger partial charge in [-0.1, -0.05) is 48.2 Å². The van der Waals surface area contributed by atoms with Crippen molar-refractivity contribution in [3.8, 4) is 11.5 Å². The number of nitrogens with zero attached hydrogens (tertiary/aromatic N) is 3. The van der Waals surface area contributed by atoms with E-state index in [4.69, 9.17) is 4.74 Å². The number of benzene rings is 3. The molecular formula is C24H21N5O3S. The first kappa shape index (κ1) is 22.1. The lowest BCUT2D eigenvalue weighted by molar-refractivity contribution is -0.113. The van der Waals surface area contributed by atoms with Crippen LogP contribution >= 0.6 is 11.8 Å². The molecule has 166 valence electrons. The third kappa shape index (κ3) is 5.98. The van der Waals surface area contributed by atoms with Crippen molar-refractivity contribution in [2.45, 2.75) is 5.16 Å². The maximum atomic E-state index is 12.9. The summed E-state index contributed by atoms with van der Waals surface area (Å²) >= 11 is 1.28. The Balaban J connectivity index is 1.40. The summed E-state index contributed by atoms with van der Waals surface area (Å²) in [6.07, 6.45) is 1.57. The number of aromatic nitrogens is 3. The molecule has 2 amide bonds. The van der Waals surface area contributed by atoms with Crippen molar-refractivity contribution in [3.05, 3.63) is 90.8 Å². The lowest BCUT2D eigenvalue weighted by Gasteiger charge is -2.13. The standard InChI is InChI=1S/C24H21N5O3S/c1-29-16-25-28-24(29)33-15-22(30)26-18-9-7-8-17(14-18)23(31)27-20-12-5-6-13-21(20)32-19-10-3-2-4-11-19/h2-14,16H,15H2,1H3,(H,26,30)(H,27,31). The lowest BCUT2D eigenvalue weighted by Crippen LogP contribution is -2.16. The van der Waals surface area contributed by atoms with Gasteiger partial charge in [-0.3, -0.25) is 9.59 Å². The van der Waals surface area contributed by atoms with E-state index in [1.807, 2.05) is 49.5 Å². The molecule has 0 aliphatic carbocycles. The molecular weight excluding hydrogens is 438 g/mol. The Labute approximate surface area is 195 Å². The third-order valence-electron chi connectivity index (χ3n) is 4.52. The van der Waals surface area contributed by atoms with Crippen molar-refractivity contribution in [2.24, 2.45) is 7.05 Å². The number of ether oxygens (including phenoxy) is 1. The van der Waals surface area contributed by atoms with Gasteiger partial charge >= 0.3 is 0 Å². The molecule has 0 saturated carbocycles. The number of carbonyl (C=O) groups excluding carboxylic acids is 2. The van der Waals surface area contributed by atoms with E-state index in [9.17, 15) is 9.59 Å². The zero-order valence-corrected chi connectivity index (χ0v) is 18.6. The quantitative estimate of drug-likeness (QED) is 0.374. The molecule has 4 aromatic rings. The summed E-state index contributed by atoms with van der Waals surface area (Å²) in [5, 5.41) is 14.1. The van der Waals surface area contributed by atoms with Crippen molar-refractivity contribution in [1.29, 1.82) is 0 Å². The molecule has 2 N–H and O–H groups in total. The van der Waals surface area contributed by atoms with Gasteiger partial charge in [0.1, 0.15) is 12.1 Å². The molecule has 0 bridgehead atoms. The van der Waals surface area contributed by atoms with Crippen LogP contribution in [0.5, 0.6) is 11.5 Å². The predicted molar refractivity (Wildman–Crippen MR) is 128 cm³/mol. The lowest BCUT2D eigenvalue weighted by atomic mass is 10.1. The van der Waals surface area contributed by atoms with Crippen LogP contribution in [0.2, 0.25) is 0 Å². The van der Waals surface area contributed by atoms with Gasteiger partial charge in [-0.05, 0) is 42.5 Å². The first-order valence-corrected chi connectivity index (χ1v) is 11.1. The summed E-state index contributed by atoms with van der Waals surface area (Å²) < 4.78 is 7.64. The van der Waals surface area contributed by atoms with Gasteiger partial charge in [-0.25, -0.2) is 0 Å². The SMILES string of the molecule is Cn1cnnc1SCC(=O)Nc1cccc(C(=O)Nc2ccccc2Oc2ccccc2)c1. The van der Waals surface area contributed by atoms with Gasteiger partial charge in [0.25, 0.3) is 5.91 Å². The monoisotopic (exact) mass is 459 g/mol. The molecule has 0 spiro atoms. The molecule has 1 aromatic heterocycles. The van der Waals surface area contributed by atoms with Crippen LogP contribution in [0, 0.1) is 0 Å². The second-order valence-electron chi connectivity index (χ2n) is 7.01. The van der Waals surface area contributed by atoms with E-state index in [-0.39, 0.29) is 17.6 Å². The van der Waals surface area contributed by atoms with Crippen molar-refractivity contribution in [2.75, 3.05) is 16.4 Å². The van der Waals surface area contributed by atoms with Crippen LogP contribution < -0.4 is 15.4 Å². The van der Waals surface area contributed by atoms with Gasteiger partial charge in [0.2, 0.25) is 5.91 Å². The Morgan fingerprint density at radius 3 is 2.55 bits per heavy atom. The maximum Gasteiger partial charge on any atom is 0.255 e. The largest absolute Gasteiger partial charge is 0.455 e. The maximum absolute atomic E-state index is 12.9. The van der Waals surface area contributed by atoms with Crippen LogP contribution in [0.15, 0.2) is 90.3 Å². The first-order valence-electron chi connectivity index (χ1n) is 10.1. The molecule has 1 heterocycles. The highest BCUT2D eigenvalue weighted by molar-refractivity contribution is 7.99. The Morgan fingerprint density at radius 1 is 0.970 bits per heavy atom. The van der Waals surface area contributed by atoms with Crippen LogP contribution in [0.3, 0.4) is 0 Å². The summed E-state index contributed by atoms with van der Waals surface area (Å²) in [6.45, 7) is 0. The van der Waals surface area contributed by atoms with E-state index in [0.717, 1.165) is 0 Å². The number of hydrogen-bond donors (Lipinski definition) is 2. The summed E-state index contributed by atoms with van der Waals surface area (Å²) in [7, 11) is 1.81. The van der Waals surface area contributed by atoms with Gasteiger partial charge in [0, 0.05) is 18.3 Å². The van der Waals surface area contributed by atoms with E-state index in [0.29, 0.717) is 33.6 Å². The van der Waals surface area contributed by atoms with Crippen LogP contribution in [0.4, 0.5) is 11.4 Å². The van der Waals surface area contributed by atoms with Gasteiger partial charge in [0.05, 0.1) is 11.4 Å². The van der Waals surface area contributed by atoms with E-state index in [1.54, 1.807) is 47.3 Å². The van der Waals surface area contributed by atoms with E-state index < -0.39 is 0 Å². The number of rotatable bonds is 8. The topological polar surface area (TPSA) is 98.1 Å². The molecule has 0 aliphatic heterocycles. The fourth-order valence-electron chi connectivity index (χ4n) is 2.94. The molecule has 9 heteroatoms. The van der Waals surface area contributed by atoms with Gasteiger partial charge in [-0.2, -0.15) is 0 Å². The van der Waals surface area contributed by atoms with Gasteiger partial charge < -0.3 is 19.9 Å². The molecule has 0 aliphatic rings. The number of nitrogens with one attached hydrogen (secondary N) is 2. The molecule has 8 nitrogen and oxygen atoms in total. The molecule has 3 aromatic carbocycles.